The zero-order valence-electron chi connectivity index (χ0n) is 15.9. The van der Waals surface area contributed by atoms with Gasteiger partial charge in [0.25, 0.3) is 0 Å². The van der Waals surface area contributed by atoms with Crippen molar-refractivity contribution in [1.82, 2.24) is 0 Å². The number of ketones is 1. The van der Waals surface area contributed by atoms with Crippen LogP contribution in [0.3, 0.4) is 0 Å². The average molecular weight is 374 g/mol. The Bertz CT molecular complexity index is 939. The van der Waals surface area contributed by atoms with Crippen molar-refractivity contribution in [3.8, 4) is 0 Å². The number of aliphatic hydroxyl groups is 1. The molecule has 0 spiro atoms. The molecule has 0 fully saturated rings. The first-order valence-corrected chi connectivity index (χ1v) is 9.04. The van der Waals surface area contributed by atoms with Gasteiger partial charge in [-0.05, 0) is 36.6 Å². The van der Waals surface area contributed by atoms with E-state index in [-0.39, 0.29) is 5.78 Å². The maximum absolute atomic E-state index is 12.9. The third-order valence-corrected chi connectivity index (χ3v) is 4.71. The van der Waals surface area contributed by atoms with E-state index in [1.807, 2.05) is 26.0 Å². The summed E-state index contributed by atoms with van der Waals surface area (Å²) in [6, 6.07) is 22.7. The highest BCUT2D eigenvalue weighted by atomic mass is 16.6. The maximum Gasteiger partial charge on any atom is 0.348 e. The fourth-order valence-electron chi connectivity index (χ4n) is 3.11. The number of rotatable bonds is 6. The Morgan fingerprint density at radius 3 is 1.93 bits per heavy atom. The third kappa shape index (κ3) is 3.87. The van der Waals surface area contributed by atoms with E-state index in [4.69, 9.17) is 4.74 Å². The molecule has 1 N–H and O–H groups in total. The van der Waals surface area contributed by atoms with Crippen molar-refractivity contribution in [3.05, 3.63) is 107 Å². The number of Topliss-reactive ketones (excluding diaryl/α,β-unsaturated/α-hetero) is 1. The van der Waals surface area contributed by atoms with E-state index >= 15 is 0 Å². The van der Waals surface area contributed by atoms with Crippen LogP contribution in [0.5, 0.6) is 0 Å². The Morgan fingerprint density at radius 2 is 1.39 bits per heavy atom. The van der Waals surface area contributed by atoms with E-state index in [2.05, 4.69) is 0 Å². The number of esters is 1. The fraction of sp³-hybridized carbons (Fsp3) is 0.167. The van der Waals surface area contributed by atoms with Gasteiger partial charge in [-0.3, -0.25) is 4.79 Å². The highest BCUT2D eigenvalue weighted by molar-refractivity contribution is 6.00. The van der Waals surface area contributed by atoms with Gasteiger partial charge in [0.15, 0.2) is 6.61 Å². The van der Waals surface area contributed by atoms with Crippen molar-refractivity contribution in [1.29, 1.82) is 0 Å². The molecule has 3 aromatic rings. The number of carbonyl (C=O) groups is 2. The topological polar surface area (TPSA) is 63.6 Å². The second-order valence-corrected chi connectivity index (χ2v) is 6.76. The Labute approximate surface area is 164 Å². The summed E-state index contributed by atoms with van der Waals surface area (Å²) in [7, 11) is 0. The van der Waals surface area contributed by atoms with Gasteiger partial charge in [0.2, 0.25) is 11.4 Å². The summed E-state index contributed by atoms with van der Waals surface area (Å²) in [5.74, 6) is -1.19. The molecule has 4 heteroatoms. The van der Waals surface area contributed by atoms with Crippen LogP contribution >= 0.6 is 0 Å². The summed E-state index contributed by atoms with van der Waals surface area (Å²) in [6.45, 7) is 3.29. The predicted molar refractivity (Wildman–Crippen MR) is 107 cm³/mol. The normalized spacial score (nSPS) is 11.1. The van der Waals surface area contributed by atoms with Crippen molar-refractivity contribution >= 4 is 11.8 Å². The highest BCUT2D eigenvalue weighted by Crippen LogP contribution is 2.31. The van der Waals surface area contributed by atoms with Crippen LogP contribution < -0.4 is 0 Å². The van der Waals surface area contributed by atoms with Crippen molar-refractivity contribution < 1.29 is 19.4 Å². The highest BCUT2D eigenvalue weighted by Gasteiger charge is 2.41. The molecule has 142 valence electrons. The third-order valence-electron chi connectivity index (χ3n) is 4.71. The summed E-state index contributed by atoms with van der Waals surface area (Å²) in [6.07, 6.45) is 0. The first-order chi connectivity index (χ1) is 13.4. The lowest BCUT2D eigenvalue weighted by atomic mass is 9.86. The van der Waals surface area contributed by atoms with Crippen LogP contribution in [-0.2, 0) is 15.1 Å². The van der Waals surface area contributed by atoms with Crippen molar-refractivity contribution in [2.24, 2.45) is 0 Å². The van der Waals surface area contributed by atoms with Gasteiger partial charge in [0.05, 0.1) is 0 Å². The van der Waals surface area contributed by atoms with Crippen LogP contribution in [0, 0.1) is 13.8 Å². The zero-order valence-corrected chi connectivity index (χ0v) is 15.9. The second-order valence-electron chi connectivity index (χ2n) is 6.76. The van der Waals surface area contributed by atoms with Gasteiger partial charge in [-0.25, -0.2) is 4.79 Å². The first-order valence-electron chi connectivity index (χ1n) is 9.04. The van der Waals surface area contributed by atoms with E-state index in [1.165, 1.54) is 0 Å². The van der Waals surface area contributed by atoms with Crippen LogP contribution in [0.2, 0.25) is 0 Å². The molecule has 0 saturated heterocycles. The van der Waals surface area contributed by atoms with Gasteiger partial charge in [0, 0.05) is 5.56 Å². The monoisotopic (exact) mass is 374 g/mol. The number of hydrogen-bond donors (Lipinski definition) is 1. The number of ether oxygens (including phenoxy) is 1. The standard InChI is InChI=1S/C24H22O4/c1-17-13-14-18(2)21(15-17)22(25)16-28-23(26)24(27,19-9-5-3-6-10-19)20-11-7-4-8-12-20/h3-15,27H,16H2,1-2H3. The molecule has 0 aromatic heterocycles. The summed E-state index contributed by atoms with van der Waals surface area (Å²) in [5.41, 5.74) is 1.04. The molecule has 0 heterocycles. The van der Waals surface area contributed by atoms with E-state index in [1.54, 1.807) is 66.7 Å². The van der Waals surface area contributed by atoms with E-state index < -0.39 is 18.2 Å². The summed E-state index contributed by atoms with van der Waals surface area (Å²) >= 11 is 0. The minimum Gasteiger partial charge on any atom is -0.455 e. The molecular formula is C24H22O4. The molecular weight excluding hydrogens is 352 g/mol. The number of carbonyl (C=O) groups excluding carboxylic acids is 2. The Balaban J connectivity index is 1.87. The van der Waals surface area contributed by atoms with Crippen LogP contribution in [0.1, 0.15) is 32.6 Å². The molecule has 3 aromatic carbocycles. The Morgan fingerprint density at radius 1 is 0.857 bits per heavy atom. The lowest BCUT2D eigenvalue weighted by Crippen LogP contribution is -2.39. The van der Waals surface area contributed by atoms with E-state index in [0.717, 1.165) is 11.1 Å². The molecule has 28 heavy (non-hydrogen) atoms. The molecule has 0 saturated carbocycles. The van der Waals surface area contributed by atoms with Gasteiger partial charge < -0.3 is 9.84 Å². The fourth-order valence-corrected chi connectivity index (χ4v) is 3.11. The Kier molecular flexibility index (Phi) is 5.71. The minimum atomic E-state index is -2.00. The summed E-state index contributed by atoms with van der Waals surface area (Å²) in [4.78, 5) is 25.5. The second kappa shape index (κ2) is 8.19. The van der Waals surface area contributed by atoms with Gasteiger partial charge in [-0.1, -0.05) is 78.4 Å². The average Bonchev–Trinajstić information content (AvgIpc) is 2.74. The molecule has 0 amide bonds. The van der Waals surface area contributed by atoms with Crippen LogP contribution in [0.4, 0.5) is 0 Å². The van der Waals surface area contributed by atoms with Gasteiger partial charge in [-0.2, -0.15) is 0 Å². The minimum absolute atomic E-state index is 0.307. The van der Waals surface area contributed by atoms with Crippen molar-refractivity contribution in [2.75, 3.05) is 6.61 Å². The molecule has 0 aliphatic carbocycles. The molecule has 0 radical (unpaired) electrons. The number of aryl methyl sites for hydroxylation is 2. The van der Waals surface area contributed by atoms with Gasteiger partial charge in [0.1, 0.15) is 0 Å². The van der Waals surface area contributed by atoms with Crippen LogP contribution in [0.25, 0.3) is 0 Å². The molecule has 0 aliphatic rings. The van der Waals surface area contributed by atoms with Crippen LogP contribution in [0.15, 0.2) is 78.9 Å². The summed E-state index contributed by atoms with van der Waals surface area (Å²) < 4.78 is 5.29. The number of benzene rings is 3. The maximum atomic E-state index is 12.9. The zero-order chi connectivity index (χ0) is 20.1. The predicted octanol–water partition coefficient (Wildman–Crippen LogP) is 3.97. The molecule has 0 aliphatic heterocycles. The van der Waals surface area contributed by atoms with Crippen molar-refractivity contribution in [2.45, 2.75) is 19.4 Å². The quantitative estimate of drug-likeness (QED) is 0.524. The number of hydrogen-bond acceptors (Lipinski definition) is 4. The molecule has 4 nitrogen and oxygen atoms in total. The van der Waals surface area contributed by atoms with Gasteiger partial charge in [-0.15, -0.1) is 0 Å². The van der Waals surface area contributed by atoms with Crippen molar-refractivity contribution in [3.63, 3.8) is 0 Å². The first kappa shape index (κ1) is 19.5. The smallest absolute Gasteiger partial charge is 0.348 e. The molecule has 0 unspecified atom stereocenters. The van der Waals surface area contributed by atoms with Gasteiger partial charge >= 0.3 is 5.97 Å². The van der Waals surface area contributed by atoms with E-state index in [0.29, 0.717) is 16.7 Å². The Hall–Kier alpha value is -3.24. The lowest BCUT2D eigenvalue weighted by Gasteiger charge is -2.27. The SMILES string of the molecule is Cc1ccc(C)c(C(=O)COC(=O)C(O)(c2ccccc2)c2ccccc2)c1. The van der Waals surface area contributed by atoms with Crippen LogP contribution in [-0.4, -0.2) is 23.5 Å². The molecule has 3 rings (SSSR count). The molecule has 0 atom stereocenters. The molecule has 0 bridgehead atoms. The largest absolute Gasteiger partial charge is 0.455 e. The lowest BCUT2D eigenvalue weighted by molar-refractivity contribution is -0.160. The van der Waals surface area contributed by atoms with E-state index in [9.17, 15) is 14.7 Å². The summed E-state index contributed by atoms with van der Waals surface area (Å²) in [5, 5.41) is 11.3.